The van der Waals surface area contributed by atoms with Crippen molar-refractivity contribution >= 4 is 61.0 Å². The summed E-state index contributed by atoms with van der Waals surface area (Å²) in [6.07, 6.45) is 0. The van der Waals surface area contributed by atoms with Gasteiger partial charge in [-0.3, -0.25) is 4.79 Å². The van der Waals surface area contributed by atoms with Gasteiger partial charge in [0.1, 0.15) is 0 Å². The lowest BCUT2D eigenvalue weighted by Crippen LogP contribution is -2.38. The number of rotatable bonds is 2. The first-order valence-electron chi connectivity index (χ1n) is 7.32. The third-order valence-corrected chi connectivity index (χ3v) is 8.00. The molecule has 2 atom stereocenters. The van der Waals surface area contributed by atoms with Crippen molar-refractivity contribution < 1.29 is 13.2 Å². The van der Waals surface area contributed by atoms with Gasteiger partial charge in [-0.2, -0.15) is 4.99 Å². The van der Waals surface area contributed by atoms with Gasteiger partial charge in [0.2, 0.25) is 0 Å². The van der Waals surface area contributed by atoms with E-state index >= 15 is 0 Å². The molecule has 0 aliphatic carbocycles. The van der Waals surface area contributed by atoms with Crippen LogP contribution < -0.4 is 4.90 Å². The Morgan fingerprint density at radius 3 is 2.70 bits per heavy atom. The molecule has 0 N–H and O–H groups in total. The summed E-state index contributed by atoms with van der Waals surface area (Å²) in [4.78, 5) is 18.3. The van der Waals surface area contributed by atoms with Gasteiger partial charge in [-0.05, 0) is 34.7 Å². The van der Waals surface area contributed by atoms with E-state index < -0.39 is 9.84 Å². The Morgan fingerprint density at radius 1 is 1.35 bits per heavy atom. The summed E-state index contributed by atoms with van der Waals surface area (Å²) in [5.41, 5.74) is 0.917. The summed E-state index contributed by atoms with van der Waals surface area (Å²) in [6, 6.07) is 7.62. The Bertz CT molecular complexity index is 777. The second-order valence-corrected chi connectivity index (χ2v) is 10.5. The standard InChI is InChI=1S/C15H17IN2O3S2/c1-9(2)14(19)17-15-18(11-6-4-3-5-10(11)16)12-7-23(20,21)8-13(12)22-15/h3-6,9,12-13H,7-8H2,1-2H3/t12-,13+/m1/s1. The highest BCUT2D eigenvalue weighted by molar-refractivity contribution is 14.1. The number of hydrogen-bond acceptors (Lipinski definition) is 4. The van der Waals surface area contributed by atoms with E-state index in [0.717, 1.165) is 9.26 Å². The molecule has 1 aromatic carbocycles. The maximum Gasteiger partial charge on any atom is 0.250 e. The van der Waals surface area contributed by atoms with E-state index in [2.05, 4.69) is 27.6 Å². The maximum absolute atomic E-state index is 12.1. The molecule has 2 fully saturated rings. The van der Waals surface area contributed by atoms with Crippen molar-refractivity contribution in [3.8, 4) is 0 Å². The predicted octanol–water partition coefficient (Wildman–Crippen LogP) is 2.55. The van der Waals surface area contributed by atoms with E-state index in [1.807, 2.05) is 43.0 Å². The molecule has 2 heterocycles. The second-order valence-electron chi connectivity index (χ2n) is 6.01. The van der Waals surface area contributed by atoms with E-state index in [-0.39, 0.29) is 34.6 Å². The SMILES string of the molecule is CC(C)C(=O)N=C1S[C@H]2CS(=O)(=O)C[C@H]2N1c1ccccc1I. The molecular weight excluding hydrogens is 447 g/mol. The Morgan fingerprint density at radius 2 is 2.04 bits per heavy atom. The monoisotopic (exact) mass is 464 g/mol. The number of para-hydroxylation sites is 1. The molecule has 23 heavy (non-hydrogen) atoms. The van der Waals surface area contributed by atoms with Crippen LogP contribution in [-0.4, -0.2) is 42.3 Å². The molecular formula is C15H17IN2O3S2. The van der Waals surface area contributed by atoms with Crippen molar-refractivity contribution in [1.82, 2.24) is 0 Å². The van der Waals surface area contributed by atoms with E-state index in [0.29, 0.717) is 5.17 Å². The van der Waals surface area contributed by atoms with Gasteiger partial charge < -0.3 is 4.90 Å². The number of anilines is 1. The summed E-state index contributed by atoms with van der Waals surface area (Å²) < 4.78 is 25.0. The second kappa shape index (κ2) is 6.36. The number of aliphatic imine (C=N–C) groups is 1. The largest absolute Gasteiger partial charge is 0.315 e. The zero-order valence-corrected chi connectivity index (χ0v) is 16.6. The summed E-state index contributed by atoms with van der Waals surface area (Å²) in [5.74, 6) is -0.0861. The van der Waals surface area contributed by atoms with E-state index in [4.69, 9.17) is 0 Å². The topological polar surface area (TPSA) is 66.8 Å². The van der Waals surface area contributed by atoms with E-state index in [1.54, 1.807) is 0 Å². The highest BCUT2D eigenvalue weighted by Gasteiger charge is 2.49. The molecule has 2 saturated heterocycles. The van der Waals surface area contributed by atoms with Crippen molar-refractivity contribution in [2.75, 3.05) is 16.4 Å². The van der Waals surface area contributed by atoms with Crippen molar-refractivity contribution in [2.24, 2.45) is 10.9 Å². The maximum atomic E-state index is 12.1. The molecule has 0 bridgehead atoms. The number of carbonyl (C=O) groups excluding carboxylic acids is 1. The number of benzene rings is 1. The summed E-state index contributed by atoms with van der Waals surface area (Å²) >= 11 is 3.64. The van der Waals surface area contributed by atoms with Gasteiger partial charge in [0, 0.05) is 14.7 Å². The van der Waals surface area contributed by atoms with Crippen molar-refractivity contribution in [3.63, 3.8) is 0 Å². The number of nitrogens with zero attached hydrogens (tertiary/aromatic N) is 2. The van der Waals surface area contributed by atoms with Crippen LogP contribution in [-0.2, 0) is 14.6 Å². The van der Waals surface area contributed by atoms with Crippen LogP contribution in [0.15, 0.2) is 29.3 Å². The number of fused-ring (bicyclic) bond motifs is 1. The average Bonchev–Trinajstić information content (AvgIpc) is 2.91. The van der Waals surface area contributed by atoms with Crippen LogP contribution in [0.5, 0.6) is 0 Å². The molecule has 2 aliphatic rings. The molecule has 5 nitrogen and oxygen atoms in total. The van der Waals surface area contributed by atoms with Gasteiger partial charge in [0.25, 0.3) is 5.91 Å². The lowest BCUT2D eigenvalue weighted by atomic mass is 10.2. The molecule has 3 rings (SSSR count). The predicted molar refractivity (Wildman–Crippen MR) is 103 cm³/mol. The summed E-state index contributed by atoms with van der Waals surface area (Å²) in [7, 11) is -3.03. The highest BCUT2D eigenvalue weighted by atomic mass is 127. The third-order valence-electron chi connectivity index (χ3n) is 3.88. The van der Waals surface area contributed by atoms with Crippen LogP contribution >= 0.6 is 34.4 Å². The molecule has 0 unspecified atom stereocenters. The minimum atomic E-state index is -3.03. The molecule has 0 aromatic heterocycles. The Hall–Kier alpha value is -0.610. The fourth-order valence-electron chi connectivity index (χ4n) is 2.72. The first-order chi connectivity index (χ1) is 10.8. The zero-order valence-electron chi connectivity index (χ0n) is 12.8. The van der Waals surface area contributed by atoms with Crippen molar-refractivity contribution in [2.45, 2.75) is 25.1 Å². The number of carbonyl (C=O) groups is 1. The van der Waals surface area contributed by atoms with Gasteiger partial charge in [-0.15, -0.1) is 0 Å². The number of sulfone groups is 1. The quantitative estimate of drug-likeness (QED) is 0.630. The zero-order chi connectivity index (χ0) is 16.8. The lowest BCUT2D eigenvalue weighted by Gasteiger charge is -2.25. The molecule has 124 valence electrons. The van der Waals surface area contributed by atoms with Crippen LogP contribution in [0.2, 0.25) is 0 Å². The van der Waals surface area contributed by atoms with Crippen molar-refractivity contribution in [1.29, 1.82) is 0 Å². The number of hydrogen-bond donors (Lipinski definition) is 0. The number of halogens is 1. The van der Waals surface area contributed by atoms with Crippen LogP contribution in [0.3, 0.4) is 0 Å². The summed E-state index contributed by atoms with van der Waals surface area (Å²) in [6.45, 7) is 3.63. The van der Waals surface area contributed by atoms with Crippen LogP contribution in [0, 0.1) is 9.49 Å². The van der Waals surface area contributed by atoms with Gasteiger partial charge in [-0.1, -0.05) is 37.7 Å². The molecule has 0 saturated carbocycles. The molecule has 8 heteroatoms. The van der Waals surface area contributed by atoms with Crippen LogP contribution in [0.1, 0.15) is 13.8 Å². The highest BCUT2D eigenvalue weighted by Crippen LogP contribution is 2.42. The first-order valence-corrected chi connectivity index (χ1v) is 11.1. The number of amidine groups is 1. The fourth-order valence-corrected chi connectivity index (χ4v) is 7.28. The van der Waals surface area contributed by atoms with Crippen molar-refractivity contribution in [3.05, 3.63) is 27.8 Å². The van der Waals surface area contributed by atoms with Gasteiger partial charge in [0.05, 0.1) is 23.2 Å². The Kier molecular flexibility index (Phi) is 4.76. The third kappa shape index (κ3) is 3.43. The minimum Gasteiger partial charge on any atom is -0.315 e. The fraction of sp³-hybridized carbons (Fsp3) is 0.467. The minimum absolute atomic E-state index is 0.0604. The molecule has 0 spiro atoms. The van der Waals surface area contributed by atoms with Gasteiger partial charge in [0.15, 0.2) is 15.0 Å². The lowest BCUT2D eigenvalue weighted by molar-refractivity contribution is -0.120. The van der Waals surface area contributed by atoms with Gasteiger partial charge >= 0.3 is 0 Å². The summed E-state index contributed by atoms with van der Waals surface area (Å²) in [5, 5.41) is 0.562. The van der Waals surface area contributed by atoms with E-state index in [9.17, 15) is 13.2 Å². The van der Waals surface area contributed by atoms with Crippen LogP contribution in [0.25, 0.3) is 0 Å². The smallest absolute Gasteiger partial charge is 0.250 e. The first kappa shape index (κ1) is 17.2. The Balaban J connectivity index is 2.05. The number of thioether (sulfide) groups is 1. The molecule has 0 radical (unpaired) electrons. The van der Waals surface area contributed by atoms with E-state index in [1.165, 1.54) is 11.8 Å². The molecule has 1 aromatic rings. The van der Waals surface area contributed by atoms with Crippen LogP contribution in [0.4, 0.5) is 5.69 Å². The van der Waals surface area contributed by atoms with Gasteiger partial charge in [-0.25, -0.2) is 8.42 Å². The molecule has 2 aliphatic heterocycles. The Labute approximate surface area is 154 Å². The average molecular weight is 464 g/mol. The number of amides is 1. The normalized spacial score (nSPS) is 27.7. The molecule has 1 amide bonds.